The Labute approximate surface area is 119 Å². The van der Waals surface area contributed by atoms with E-state index in [1.165, 1.54) is 37.1 Å². The van der Waals surface area contributed by atoms with Crippen LogP contribution in [0.2, 0.25) is 0 Å². The number of rotatable bonds is 3. The molecule has 1 aliphatic heterocycles. The molecule has 1 fully saturated rings. The van der Waals surface area contributed by atoms with Crippen LogP contribution in [0.4, 0.5) is 0 Å². The van der Waals surface area contributed by atoms with Crippen LogP contribution in [0.5, 0.6) is 0 Å². The van der Waals surface area contributed by atoms with E-state index in [9.17, 15) is 0 Å². The lowest BCUT2D eigenvalue weighted by Gasteiger charge is -2.34. The molecule has 1 aromatic rings. The molecule has 0 aromatic heterocycles. The maximum atomic E-state index is 6.06. The zero-order valence-electron chi connectivity index (χ0n) is 11.3. The predicted molar refractivity (Wildman–Crippen MR) is 80.9 cm³/mol. The highest BCUT2D eigenvalue weighted by Gasteiger charge is 2.26. The molecule has 1 aliphatic rings. The molecule has 0 saturated carbocycles. The Morgan fingerprint density at radius 3 is 2.67 bits per heavy atom. The summed E-state index contributed by atoms with van der Waals surface area (Å²) < 4.78 is 1.16. The standard InChI is InChI=1S/C15H23BrN2/c1-11-3-4-13(16)9-14(11)15(10-17)12-5-7-18(2)8-6-12/h3-4,9,12,15H,5-8,10,17H2,1-2H3. The molecule has 1 saturated heterocycles. The number of halogens is 1. The first kappa shape index (κ1) is 14.0. The van der Waals surface area contributed by atoms with Gasteiger partial charge in [0.05, 0.1) is 0 Å². The largest absolute Gasteiger partial charge is 0.330 e. The first-order chi connectivity index (χ1) is 8.61. The first-order valence-corrected chi connectivity index (χ1v) is 7.55. The molecule has 1 heterocycles. The summed E-state index contributed by atoms with van der Waals surface area (Å²) >= 11 is 3.58. The van der Waals surface area contributed by atoms with Crippen LogP contribution in [-0.2, 0) is 0 Å². The molecule has 0 aliphatic carbocycles. The molecule has 0 bridgehead atoms. The fourth-order valence-corrected chi connectivity index (χ4v) is 3.39. The second kappa shape index (κ2) is 6.18. The zero-order valence-corrected chi connectivity index (χ0v) is 12.9. The van der Waals surface area contributed by atoms with Gasteiger partial charge in [-0.1, -0.05) is 22.0 Å². The van der Waals surface area contributed by atoms with E-state index in [0.717, 1.165) is 16.9 Å². The third-order valence-corrected chi connectivity index (χ3v) is 4.72. The molecule has 1 atom stereocenters. The van der Waals surface area contributed by atoms with Crippen LogP contribution in [0, 0.1) is 12.8 Å². The molecule has 2 rings (SSSR count). The van der Waals surface area contributed by atoms with Gasteiger partial charge >= 0.3 is 0 Å². The Morgan fingerprint density at radius 1 is 1.39 bits per heavy atom. The van der Waals surface area contributed by atoms with E-state index >= 15 is 0 Å². The molecule has 2 nitrogen and oxygen atoms in total. The van der Waals surface area contributed by atoms with Crippen molar-refractivity contribution in [3.8, 4) is 0 Å². The lowest BCUT2D eigenvalue weighted by molar-refractivity contribution is 0.199. The summed E-state index contributed by atoms with van der Waals surface area (Å²) in [6, 6.07) is 6.56. The molecular formula is C15H23BrN2. The Morgan fingerprint density at radius 2 is 2.06 bits per heavy atom. The van der Waals surface area contributed by atoms with Gasteiger partial charge in [0.15, 0.2) is 0 Å². The van der Waals surface area contributed by atoms with Gasteiger partial charge in [-0.15, -0.1) is 0 Å². The Hall–Kier alpha value is -0.380. The minimum absolute atomic E-state index is 0.510. The van der Waals surface area contributed by atoms with Gasteiger partial charge in [0.1, 0.15) is 0 Å². The molecule has 2 N–H and O–H groups in total. The Bertz CT molecular complexity index is 397. The van der Waals surface area contributed by atoms with Crippen LogP contribution in [0.15, 0.2) is 22.7 Å². The average Bonchev–Trinajstić information content (AvgIpc) is 2.37. The highest BCUT2D eigenvalue weighted by Crippen LogP contribution is 2.34. The maximum Gasteiger partial charge on any atom is 0.0178 e. The molecule has 0 spiro atoms. The van der Waals surface area contributed by atoms with Crippen molar-refractivity contribution in [3.63, 3.8) is 0 Å². The Balaban J connectivity index is 2.19. The second-order valence-electron chi connectivity index (χ2n) is 5.48. The summed E-state index contributed by atoms with van der Waals surface area (Å²) in [5, 5.41) is 0. The smallest absolute Gasteiger partial charge is 0.0178 e. The van der Waals surface area contributed by atoms with E-state index in [1.54, 1.807) is 0 Å². The van der Waals surface area contributed by atoms with Crippen molar-refractivity contribution in [2.75, 3.05) is 26.7 Å². The van der Waals surface area contributed by atoms with Gasteiger partial charge in [0.2, 0.25) is 0 Å². The lowest BCUT2D eigenvalue weighted by atomic mass is 9.79. The van der Waals surface area contributed by atoms with Gasteiger partial charge in [-0.05, 0) is 81.5 Å². The van der Waals surface area contributed by atoms with Gasteiger partial charge in [-0.3, -0.25) is 0 Å². The Kier molecular flexibility index (Phi) is 4.82. The topological polar surface area (TPSA) is 29.3 Å². The summed E-state index contributed by atoms with van der Waals surface area (Å²) in [5.41, 5.74) is 8.86. The molecule has 18 heavy (non-hydrogen) atoms. The number of benzene rings is 1. The number of hydrogen-bond acceptors (Lipinski definition) is 2. The third-order valence-electron chi connectivity index (χ3n) is 4.23. The molecule has 100 valence electrons. The van der Waals surface area contributed by atoms with Gasteiger partial charge in [-0.2, -0.15) is 0 Å². The summed E-state index contributed by atoms with van der Waals surface area (Å²) in [6.45, 7) is 5.35. The van der Waals surface area contributed by atoms with E-state index < -0.39 is 0 Å². The van der Waals surface area contributed by atoms with Crippen molar-refractivity contribution >= 4 is 15.9 Å². The number of hydrogen-bond donors (Lipinski definition) is 1. The second-order valence-corrected chi connectivity index (χ2v) is 6.40. The normalized spacial score (nSPS) is 20.0. The molecule has 1 aromatic carbocycles. The summed E-state index contributed by atoms with van der Waals surface area (Å²) in [7, 11) is 2.21. The highest BCUT2D eigenvalue weighted by molar-refractivity contribution is 9.10. The van der Waals surface area contributed by atoms with Crippen LogP contribution >= 0.6 is 15.9 Å². The summed E-state index contributed by atoms with van der Waals surface area (Å²) in [5.74, 6) is 1.25. The zero-order chi connectivity index (χ0) is 13.1. The quantitative estimate of drug-likeness (QED) is 0.929. The van der Waals surface area contributed by atoms with Gasteiger partial charge in [0.25, 0.3) is 0 Å². The molecule has 1 unspecified atom stereocenters. The number of aryl methyl sites for hydroxylation is 1. The fraction of sp³-hybridized carbons (Fsp3) is 0.600. The van der Waals surface area contributed by atoms with E-state index in [0.29, 0.717) is 5.92 Å². The number of nitrogens with two attached hydrogens (primary N) is 1. The van der Waals surface area contributed by atoms with Gasteiger partial charge in [0, 0.05) is 4.47 Å². The van der Waals surface area contributed by atoms with Crippen LogP contribution in [0.1, 0.15) is 29.9 Å². The van der Waals surface area contributed by atoms with Crippen LogP contribution in [0.3, 0.4) is 0 Å². The van der Waals surface area contributed by atoms with E-state index in [4.69, 9.17) is 5.73 Å². The lowest BCUT2D eigenvalue weighted by Crippen LogP contribution is -2.35. The predicted octanol–water partition coefficient (Wildman–Crippen LogP) is 3.14. The minimum Gasteiger partial charge on any atom is -0.330 e. The number of likely N-dealkylation sites (tertiary alicyclic amines) is 1. The van der Waals surface area contributed by atoms with Crippen LogP contribution < -0.4 is 5.73 Å². The monoisotopic (exact) mass is 310 g/mol. The SMILES string of the molecule is Cc1ccc(Br)cc1C(CN)C1CCN(C)CC1. The van der Waals surface area contributed by atoms with Crippen molar-refractivity contribution in [1.82, 2.24) is 4.90 Å². The van der Waals surface area contributed by atoms with Crippen molar-refractivity contribution < 1.29 is 0 Å². The number of piperidine rings is 1. The molecule has 3 heteroatoms. The van der Waals surface area contributed by atoms with Crippen LogP contribution in [0.25, 0.3) is 0 Å². The van der Waals surface area contributed by atoms with Gasteiger partial charge in [-0.25, -0.2) is 0 Å². The average molecular weight is 311 g/mol. The van der Waals surface area contributed by atoms with E-state index in [2.05, 4.69) is 53.0 Å². The van der Waals surface area contributed by atoms with Crippen molar-refractivity contribution in [2.45, 2.75) is 25.7 Å². The van der Waals surface area contributed by atoms with E-state index in [1.807, 2.05) is 0 Å². The number of nitrogens with zero attached hydrogens (tertiary/aromatic N) is 1. The fourth-order valence-electron chi connectivity index (χ4n) is 3.02. The maximum absolute atomic E-state index is 6.06. The van der Waals surface area contributed by atoms with Crippen molar-refractivity contribution in [2.24, 2.45) is 11.7 Å². The molecular weight excluding hydrogens is 288 g/mol. The summed E-state index contributed by atoms with van der Waals surface area (Å²) in [6.07, 6.45) is 2.54. The third kappa shape index (κ3) is 3.14. The first-order valence-electron chi connectivity index (χ1n) is 6.76. The van der Waals surface area contributed by atoms with Gasteiger partial charge < -0.3 is 10.6 Å². The van der Waals surface area contributed by atoms with Crippen LogP contribution in [-0.4, -0.2) is 31.6 Å². The summed E-state index contributed by atoms with van der Waals surface area (Å²) in [4.78, 5) is 2.41. The van der Waals surface area contributed by atoms with Crippen molar-refractivity contribution in [1.29, 1.82) is 0 Å². The van der Waals surface area contributed by atoms with E-state index in [-0.39, 0.29) is 0 Å². The molecule has 0 radical (unpaired) electrons. The molecule has 0 amide bonds. The minimum atomic E-state index is 0.510. The van der Waals surface area contributed by atoms with Crippen molar-refractivity contribution in [3.05, 3.63) is 33.8 Å². The highest BCUT2D eigenvalue weighted by atomic mass is 79.9.